The summed E-state index contributed by atoms with van der Waals surface area (Å²) in [6, 6.07) is 16.4. The first kappa shape index (κ1) is 12.6. The number of aliphatic imine (C=N–C) groups is 1. The molecule has 18 heavy (non-hydrogen) atoms. The van der Waals surface area contributed by atoms with Gasteiger partial charge < -0.3 is 0 Å². The molecule has 2 aromatic rings. The van der Waals surface area contributed by atoms with E-state index in [0.29, 0.717) is 21.3 Å². The van der Waals surface area contributed by atoms with Crippen LogP contribution in [-0.2, 0) is 0 Å². The third-order valence-corrected chi connectivity index (χ3v) is 3.13. The summed E-state index contributed by atoms with van der Waals surface area (Å²) in [5.41, 5.74) is 1.48. The Labute approximate surface area is 115 Å². The maximum absolute atomic E-state index is 9.17. The zero-order chi connectivity index (χ0) is 13.0. The van der Waals surface area contributed by atoms with Gasteiger partial charge in [0.05, 0.1) is 15.7 Å². The summed E-state index contributed by atoms with van der Waals surface area (Å²) >= 11 is 12.0. The van der Waals surface area contributed by atoms with Crippen molar-refractivity contribution in [3.8, 4) is 6.07 Å². The summed E-state index contributed by atoms with van der Waals surface area (Å²) in [4.78, 5) is 4.26. The van der Waals surface area contributed by atoms with Gasteiger partial charge in [0, 0.05) is 5.56 Å². The van der Waals surface area contributed by atoms with Crippen LogP contribution in [0, 0.1) is 11.3 Å². The number of nitriles is 1. The minimum atomic E-state index is 0.244. The highest BCUT2D eigenvalue weighted by atomic mass is 35.5. The summed E-state index contributed by atoms with van der Waals surface area (Å²) in [5, 5.41) is 9.92. The van der Waals surface area contributed by atoms with Crippen LogP contribution in [0.5, 0.6) is 0 Å². The van der Waals surface area contributed by atoms with Crippen molar-refractivity contribution in [3.05, 3.63) is 64.1 Å². The van der Waals surface area contributed by atoms with E-state index in [9.17, 15) is 5.26 Å². The van der Waals surface area contributed by atoms with Gasteiger partial charge in [-0.25, -0.2) is 4.99 Å². The van der Waals surface area contributed by atoms with Crippen molar-refractivity contribution in [2.75, 3.05) is 0 Å². The second-order valence-electron chi connectivity index (χ2n) is 3.51. The van der Waals surface area contributed by atoms with Crippen molar-refractivity contribution < 1.29 is 0 Å². The Hall–Kier alpha value is -1.82. The van der Waals surface area contributed by atoms with Gasteiger partial charge >= 0.3 is 0 Å². The third-order valence-electron chi connectivity index (χ3n) is 2.31. The molecule has 0 heterocycles. The lowest BCUT2D eigenvalue weighted by Gasteiger charge is -2.03. The number of hydrogen-bond acceptors (Lipinski definition) is 2. The SMILES string of the molecule is N#CC(=Nc1ccccc1)c1cccc(Cl)c1Cl. The van der Waals surface area contributed by atoms with Gasteiger partial charge in [-0.15, -0.1) is 0 Å². The van der Waals surface area contributed by atoms with Gasteiger partial charge in [0.25, 0.3) is 0 Å². The molecule has 0 unspecified atom stereocenters. The molecule has 88 valence electrons. The number of hydrogen-bond donors (Lipinski definition) is 0. The highest BCUT2D eigenvalue weighted by Gasteiger charge is 2.10. The second-order valence-corrected chi connectivity index (χ2v) is 4.29. The fourth-order valence-electron chi connectivity index (χ4n) is 1.46. The molecular formula is C14H8Cl2N2. The smallest absolute Gasteiger partial charge is 0.149 e. The molecule has 0 amide bonds. The largest absolute Gasteiger partial charge is 0.237 e. The molecule has 2 nitrogen and oxygen atoms in total. The molecule has 0 fully saturated rings. The van der Waals surface area contributed by atoms with Gasteiger partial charge in [0.15, 0.2) is 0 Å². The van der Waals surface area contributed by atoms with Crippen molar-refractivity contribution in [1.82, 2.24) is 0 Å². The molecule has 0 saturated heterocycles. The minimum absolute atomic E-state index is 0.244. The van der Waals surface area contributed by atoms with E-state index in [1.807, 2.05) is 36.4 Å². The Morgan fingerprint density at radius 2 is 1.72 bits per heavy atom. The van der Waals surface area contributed by atoms with Crippen LogP contribution in [0.2, 0.25) is 10.0 Å². The lowest BCUT2D eigenvalue weighted by molar-refractivity contribution is 1.48. The fraction of sp³-hybridized carbons (Fsp3) is 0. The Kier molecular flexibility index (Phi) is 3.99. The van der Waals surface area contributed by atoms with Crippen LogP contribution in [0.3, 0.4) is 0 Å². The highest BCUT2D eigenvalue weighted by molar-refractivity contribution is 6.44. The molecule has 0 N–H and O–H groups in total. The molecule has 4 heteroatoms. The van der Waals surface area contributed by atoms with Crippen LogP contribution < -0.4 is 0 Å². The van der Waals surface area contributed by atoms with Crippen molar-refractivity contribution in [1.29, 1.82) is 5.26 Å². The Bertz CT molecular complexity index is 628. The molecule has 0 spiro atoms. The van der Waals surface area contributed by atoms with Crippen molar-refractivity contribution in [2.24, 2.45) is 4.99 Å². The molecule has 0 aromatic heterocycles. The first-order valence-electron chi connectivity index (χ1n) is 5.20. The molecule has 0 aliphatic rings. The van der Waals surface area contributed by atoms with E-state index < -0.39 is 0 Å². The lowest BCUT2D eigenvalue weighted by Crippen LogP contribution is -1.98. The number of benzene rings is 2. The summed E-state index contributed by atoms with van der Waals surface area (Å²) in [7, 11) is 0. The van der Waals surface area contributed by atoms with Gasteiger partial charge in [0.2, 0.25) is 0 Å². The van der Waals surface area contributed by atoms with Crippen LogP contribution in [0.15, 0.2) is 53.5 Å². The van der Waals surface area contributed by atoms with Gasteiger partial charge in [-0.05, 0) is 18.2 Å². The van der Waals surface area contributed by atoms with E-state index in [-0.39, 0.29) is 5.71 Å². The van der Waals surface area contributed by atoms with Crippen LogP contribution in [0.4, 0.5) is 5.69 Å². The zero-order valence-electron chi connectivity index (χ0n) is 9.27. The lowest BCUT2D eigenvalue weighted by atomic mass is 10.1. The summed E-state index contributed by atoms with van der Waals surface area (Å²) in [6.45, 7) is 0. The number of rotatable bonds is 2. The minimum Gasteiger partial charge on any atom is -0.237 e. The van der Waals surface area contributed by atoms with Gasteiger partial charge in [0.1, 0.15) is 11.8 Å². The predicted molar refractivity (Wildman–Crippen MR) is 74.7 cm³/mol. The maximum Gasteiger partial charge on any atom is 0.149 e. The highest BCUT2D eigenvalue weighted by Crippen LogP contribution is 2.26. The average Bonchev–Trinajstić information content (AvgIpc) is 2.41. The monoisotopic (exact) mass is 274 g/mol. The normalized spacial score (nSPS) is 11.1. The van der Waals surface area contributed by atoms with Crippen LogP contribution in [-0.4, -0.2) is 5.71 Å². The molecule has 0 atom stereocenters. The van der Waals surface area contributed by atoms with Crippen LogP contribution in [0.25, 0.3) is 0 Å². The molecule has 2 aromatic carbocycles. The molecule has 0 aliphatic heterocycles. The standard InChI is InChI=1S/C14H8Cl2N2/c15-12-8-4-7-11(14(12)16)13(9-17)18-10-5-2-1-3-6-10/h1-8H. The van der Waals surface area contributed by atoms with Crippen LogP contribution >= 0.6 is 23.2 Å². The van der Waals surface area contributed by atoms with Gasteiger partial charge in [-0.3, -0.25) is 0 Å². The molecule has 0 aliphatic carbocycles. The summed E-state index contributed by atoms with van der Waals surface area (Å²) < 4.78 is 0. The Morgan fingerprint density at radius 3 is 2.39 bits per heavy atom. The number of para-hydroxylation sites is 1. The molecule has 0 radical (unpaired) electrons. The van der Waals surface area contributed by atoms with E-state index in [1.54, 1.807) is 18.2 Å². The third kappa shape index (κ3) is 2.70. The van der Waals surface area contributed by atoms with Crippen molar-refractivity contribution >= 4 is 34.6 Å². The average molecular weight is 275 g/mol. The first-order chi connectivity index (χ1) is 8.72. The Morgan fingerprint density at radius 1 is 1.00 bits per heavy atom. The fourth-order valence-corrected chi connectivity index (χ4v) is 1.85. The number of halogens is 2. The molecule has 0 bridgehead atoms. The van der Waals surface area contributed by atoms with Crippen molar-refractivity contribution in [3.63, 3.8) is 0 Å². The quantitative estimate of drug-likeness (QED) is 0.735. The van der Waals surface area contributed by atoms with Gasteiger partial charge in [-0.1, -0.05) is 53.5 Å². The maximum atomic E-state index is 9.17. The Balaban J connectivity index is 2.51. The second kappa shape index (κ2) is 5.68. The topological polar surface area (TPSA) is 36.1 Å². The summed E-state index contributed by atoms with van der Waals surface area (Å²) in [5.74, 6) is 0. The molecule has 2 rings (SSSR count). The number of nitrogens with zero attached hydrogens (tertiary/aromatic N) is 2. The molecular weight excluding hydrogens is 267 g/mol. The van der Waals surface area contributed by atoms with E-state index >= 15 is 0 Å². The predicted octanol–water partition coefficient (Wildman–Crippen LogP) is 4.64. The van der Waals surface area contributed by atoms with E-state index in [1.165, 1.54) is 0 Å². The summed E-state index contributed by atoms with van der Waals surface area (Å²) in [6.07, 6.45) is 0. The van der Waals surface area contributed by atoms with E-state index in [0.717, 1.165) is 0 Å². The van der Waals surface area contributed by atoms with Crippen LogP contribution in [0.1, 0.15) is 5.56 Å². The molecule has 0 saturated carbocycles. The van der Waals surface area contributed by atoms with Crippen molar-refractivity contribution in [2.45, 2.75) is 0 Å². The van der Waals surface area contributed by atoms with E-state index in [4.69, 9.17) is 23.2 Å². The first-order valence-corrected chi connectivity index (χ1v) is 5.96. The zero-order valence-corrected chi connectivity index (χ0v) is 10.8. The van der Waals surface area contributed by atoms with E-state index in [2.05, 4.69) is 4.99 Å². The van der Waals surface area contributed by atoms with Gasteiger partial charge in [-0.2, -0.15) is 5.26 Å².